The highest BCUT2D eigenvalue weighted by Crippen LogP contribution is 2.24. The van der Waals surface area contributed by atoms with Crippen molar-refractivity contribution in [2.75, 3.05) is 29.5 Å². The van der Waals surface area contributed by atoms with Gasteiger partial charge in [-0.05, 0) is 57.0 Å². The lowest BCUT2D eigenvalue weighted by Gasteiger charge is -2.29. The lowest BCUT2D eigenvalue weighted by atomic mass is 10.1. The number of carbonyl (C=O) groups excluding carboxylic acids is 1. The standard InChI is InChI=1S/C23H30N2O3S/c1-4-24(5-2)21-11-9-19(10-12-21)16-25(22-13-14-29(27,28)17-22)23(26)20-8-6-7-18(3)15-20/h6-12,15,22H,4-5,13-14,16-17H2,1-3H3/t22-/m1/s1. The number of benzene rings is 2. The van der Waals surface area contributed by atoms with Crippen LogP contribution in [-0.4, -0.2) is 49.9 Å². The second-order valence-corrected chi connectivity index (χ2v) is 9.93. The quantitative estimate of drug-likeness (QED) is 0.694. The Morgan fingerprint density at radius 1 is 1.07 bits per heavy atom. The summed E-state index contributed by atoms with van der Waals surface area (Å²) in [6, 6.07) is 15.4. The number of sulfone groups is 1. The van der Waals surface area contributed by atoms with E-state index in [1.807, 2.05) is 37.3 Å². The van der Waals surface area contributed by atoms with Gasteiger partial charge in [0.2, 0.25) is 0 Å². The number of hydrogen-bond acceptors (Lipinski definition) is 4. The molecule has 3 rings (SSSR count). The Morgan fingerprint density at radius 3 is 2.31 bits per heavy atom. The first-order valence-corrected chi connectivity index (χ1v) is 12.1. The van der Waals surface area contributed by atoms with Crippen molar-refractivity contribution in [2.45, 2.75) is 39.8 Å². The van der Waals surface area contributed by atoms with E-state index in [-0.39, 0.29) is 23.5 Å². The smallest absolute Gasteiger partial charge is 0.254 e. The molecule has 5 nitrogen and oxygen atoms in total. The van der Waals surface area contributed by atoms with Gasteiger partial charge in [-0.15, -0.1) is 0 Å². The van der Waals surface area contributed by atoms with Crippen LogP contribution in [0.3, 0.4) is 0 Å². The lowest BCUT2D eigenvalue weighted by molar-refractivity contribution is 0.0681. The number of nitrogens with zero attached hydrogens (tertiary/aromatic N) is 2. The molecular formula is C23H30N2O3S. The zero-order chi connectivity index (χ0) is 21.0. The van der Waals surface area contributed by atoms with Crippen molar-refractivity contribution in [2.24, 2.45) is 0 Å². The first kappa shape index (κ1) is 21.4. The molecule has 2 aromatic rings. The molecule has 1 aliphatic heterocycles. The first-order valence-electron chi connectivity index (χ1n) is 10.2. The summed E-state index contributed by atoms with van der Waals surface area (Å²) in [4.78, 5) is 17.3. The molecule has 1 fully saturated rings. The van der Waals surface area contributed by atoms with Gasteiger partial charge in [0.05, 0.1) is 11.5 Å². The second kappa shape index (κ2) is 8.99. The highest BCUT2D eigenvalue weighted by molar-refractivity contribution is 7.91. The van der Waals surface area contributed by atoms with E-state index in [2.05, 4.69) is 30.9 Å². The van der Waals surface area contributed by atoms with Crippen LogP contribution in [0.2, 0.25) is 0 Å². The third kappa shape index (κ3) is 5.18. The van der Waals surface area contributed by atoms with Crippen LogP contribution in [0, 0.1) is 6.92 Å². The second-order valence-electron chi connectivity index (χ2n) is 7.70. The van der Waals surface area contributed by atoms with E-state index in [0.717, 1.165) is 29.9 Å². The van der Waals surface area contributed by atoms with E-state index in [9.17, 15) is 13.2 Å². The molecule has 1 amide bonds. The van der Waals surface area contributed by atoms with Crippen LogP contribution in [-0.2, 0) is 16.4 Å². The predicted octanol–water partition coefficient (Wildman–Crippen LogP) is 3.67. The van der Waals surface area contributed by atoms with Gasteiger partial charge in [-0.25, -0.2) is 8.42 Å². The molecule has 29 heavy (non-hydrogen) atoms. The minimum Gasteiger partial charge on any atom is -0.372 e. The van der Waals surface area contributed by atoms with Crippen LogP contribution in [0.1, 0.15) is 41.8 Å². The van der Waals surface area contributed by atoms with Crippen LogP contribution in [0.25, 0.3) is 0 Å². The molecule has 0 unspecified atom stereocenters. The average Bonchev–Trinajstić information content (AvgIpc) is 3.07. The molecule has 156 valence electrons. The van der Waals surface area contributed by atoms with E-state index < -0.39 is 9.84 Å². The Kier molecular flexibility index (Phi) is 6.63. The van der Waals surface area contributed by atoms with Crippen molar-refractivity contribution in [1.29, 1.82) is 0 Å². The Labute approximate surface area is 174 Å². The molecule has 0 saturated carbocycles. The Balaban J connectivity index is 1.86. The maximum Gasteiger partial charge on any atom is 0.254 e. The van der Waals surface area contributed by atoms with Crippen LogP contribution in [0.5, 0.6) is 0 Å². The fourth-order valence-electron chi connectivity index (χ4n) is 3.93. The topological polar surface area (TPSA) is 57.7 Å². The minimum atomic E-state index is -3.08. The third-order valence-corrected chi connectivity index (χ3v) is 7.34. The summed E-state index contributed by atoms with van der Waals surface area (Å²) in [7, 11) is -3.08. The lowest BCUT2D eigenvalue weighted by Crippen LogP contribution is -2.40. The molecule has 1 atom stereocenters. The summed E-state index contributed by atoms with van der Waals surface area (Å²) >= 11 is 0. The van der Waals surface area contributed by atoms with Gasteiger partial charge in [0.1, 0.15) is 0 Å². The van der Waals surface area contributed by atoms with Crippen molar-refractivity contribution < 1.29 is 13.2 Å². The van der Waals surface area contributed by atoms with Crippen LogP contribution >= 0.6 is 0 Å². The molecule has 2 aromatic carbocycles. The molecule has 6 heteroatoms. The van der Waals surface area contributed by atoms with Gasteiger partial charge < -0.3 is 9.80 Å². The molecule has 0 aromatic heterocycles. The summed E-state index contributed by atoms with van der Waals surface area (Å²) in [5.74, 6) is 0.0849. The van der Waals surface area contributed by atoms with Crippen molar-refractivity contribution in [3.05, 3.63) is 65.2 Å². The minimum absolute atomic E-state index is 0.0437. The number of amides is 1. The fourth-order valence-corrected chi connectivity index (χ4v) is 5.66. The zero-order valence-electron chi connectivity index (χ0n) is 17.5. The molecule has 0 bridgehead atoms. The number of anilines is 1. The Bertz CT molecular complexity index is 950. The molecule has 0 N–H and O–H groups in total. The van der Waals surface area contributed by atoms with Crippen molar-refractivity contribution in [1.82, 2.24) is 4.90 Å². The summed E-state index contributed by atoms with van der Waals surface area (Å²) < 4.78 is 24.1. The van der Waals surface area contributed by atoms with Crippen LogP contribution < -0.4 is 4.90 Å². The maximum absolute atomic E-state index is 13.3. The molecule has 0 radical (unpaired) electrons. The first-order chi connectivity index (χ1) is 13.8. The Morgan fingerprint density at radius 2 is 1.76 bits per heavy atom. The van der Waals surface area contributed by atoms with Gasteiger partial charge >= 0.3 is 0 Å². The summed E-state index contributed by atoms with van der Waals surface area (Å²) in [6.45, 7) is 8.49. The molecule has 0 spiro atoms. The normalized spacial score (nSPS) is 17.8. The molecular weight excluding hydrogens is 384 g/mol. The van der Waals surface area contributed by atoms with Crippen LogP contribution in [0.15, 0.2) is 48.5 Å². The van der Waals surface area contributed by atoms with Gasteiger partial charge in [0.25, 0.3) is 5.91 Å². The highest BCUT2D eigenvalue weighted by atomic mass is 32.2. The monoisotopic (exact) mass is 414 g/mol. The van der Waals surface area contributed by atoms with E-state index >= 15 is 0 Å². The summed E-state index contributed by atoms with van der Waals surface area (Å²) in [6.07, 6.45) is 0.497. The fraction of sp³-hybridized carbons (Fsp3) is 0.435. The maximum atomic E-state index is 13.3. The average molecular weight is 415 g/mol. The third-order valence-electron chi connectivity index (χ3n) is 5.59. The number of hydrogen-bond donors (Lipinski definition) is 0. The molecule has 1 saturated heterocycles. The van der Waals surface area contributed by atoms with E-state index in [4.69, 9.17) is 0 Å². The van der Waals surface area contributed by atoms with Gasteiger partial charge in [-0.1, -0.05) is 29.8 Å². The van der Waals surface area contributed by atoms with Gasteiger partial charge in [-0.3, -0.25) is 4.79 Å². The van der Waals surface area contributed by atoms with Crippen molar-refractivity contribution >= 4 is 21.4 Å². The zero-order valence-corrected chi connectivity index (χ0v) is 18.3. The van der Waals surface area contributed by atoms with Gasteiger partial charge in [0, 0.05) is 36.9 Å². The van der Waals surface area contributed by atoms with Crippen LogP contribution in [0.4, 0.5) is 5.69 Å². The SMILES string of the molecule is CCN(CC)c1ccc(CN(C(=O)c2cccc(C)c2)[C@@H]2CCS(=O)(=O)C2)cc1. The van der Waals surface area contributed by atoms with Crippen molar-refractivity contribution in [3.8, 4) is 0 Å². The number of rotatable bonds is 7. The van der Waals surface area contributed by atoms with E-state index in [1.54, 1.807) is 11.0 Å². The largest absolute Gasteiger partial charge is 0.372 e. The number of carbonyl (C=O) groups is 1. The summed E-state index contributed by atoms with van der Waals surface area (Å²) in [5.41, 5.74) is 3.78. The van der Waals surface area contributed by atoms with Gasteiger partial charge in [0.15, 0.2) is 9.84 Å². The highest BCUT2D eigenvalue weighted by Gasteiger charge is 2.35. The molecule has 1 heterocycles. The Hall–Kier alpha value is -2.34. The molecule has 0 aliphatic carbocycles. The van der Waals surface area contributed by atoms with Gasteiger partial charge in [-0.2, -0.15) is 0 Å². The predicted molar refractivity (Wildman–Crippen MR) is 118 cm³/mol. The summed E-state index contributed by atoms with van der Waals surface area (Å²) in [5, 5.41) is 0. The number of aryl methyl sites for hydroxylation is 1. The van der Waals surface area contributed by atoms with Crippen molar-refractivity contribution in [3.63, 3.8) is 0 Å². The molecule has 1 aliphatic rings. The van der Waals surface area contributed by atoms with E-state index in [1.165, 1.54) is 0 Å². The van der Waals surface area contributed by atoms with E-state index in [0.29, 0.717) is 18.5 Å².